The standard InChI is InChI=1S/C12H21BrN4/c1-8(2)5-6-9(3)16-11-10(13)7-15-12(14-4)17-11/h7-9H,5-6H2,1-4H3,(H2,14,15,16,17). The first kappa shape index (κ1) is 14.2. The molecular formula is C12H21BrN4. The Morgan fingerprint density at radius 3 is 2.59 bits per heavy atom. The van der Waals surface area contributed by atoms with E-state index in [0.29, 0.717) is 12.0 Å². The van der Waals surface area contributed by atoms with Crippen LogP contribution >= 0.6 is 15.9 Å². The van der Waals surface area contributed by atoms with Gasteiger partial charge in [-0.15, -0.1) is 0 Å². The van der Waals surface area contributed by atoms with Crippen molar-refractivity contribution in [3.8, 4) is 0 Å². The van der Waals surface area contributed by atoms with Crippen molar-refractivity contribution in [3.05, 3.63) is 10.7 Å². The van der Waals surface area contributed by atoms with Gasteiger partial charge in [-0.05, 0) is 41.6 Å². The molecule has 0 aromatic carbocycles. The molecule has 4 nitrogen and oxygen atoms in total. The first-order valence-corrected chi connectivity index (χ1v) is 6.79. The minimum atomic E-state index is 0.410. The first-order chi connectivity index (χ1) is 8.02. The minimum absolute atomic E-state index is 0.410. The van der Waals surface area contributed by atoms with Gasteiger partial charge in [0.1, 0.15) is 5.82 Å². The van der Waals surface area contributed by atoms with Crippen molar-refractivity contribution < 1.29 is 0 Å². The lowest BCUT2D eigenvalue weighted by atomic mass is 10.0. The molecular weight excluding hydrogens is 280 g/mol. The quantitative estimate of drug-likeness (QED) is 0.844. The van der Waals surface area contributed by atoms with Crippen molar-refractivity contribution in [2.75, 3.05) is 17.7 Å². The number of hydrogen-bond donors (Lipinski definition) is 2. The molecule has 2 N–H and O–H groups in total. The predicted molar refractivity (Wildman–Crippen MR) is 76.4 cm³/mol. The molecule has 0 saturated carbocycles. The maximum atomic E-state index is 4.38. The largest absolute Gasteiger partial charge is 0.367 e. The van der Waals surface area contributed by atoms with Crippen LogP contribution in [0.2, 0.25) is 0 Å². The topological polar surface area (TPSA) is 49.8 Å². The van der Waals surface area contributed by atoms with Gasteiger partial charge in [-0.25, -0.2) is 4.98 Å². The third-order valence-electron chi connectivity index (χ3n) is 2.53. The minimum Gasteiger partial charge on any atom is -0.367 e. The molecule has 1 aromatic heterocycles. The highest BCUT2D eigenvalue weighted by molar-refractivity contribution is 9.10. The molecule has 1 heterocycles. The van der Waals surface area contributed by atoms with E-state index in [9.17, 15) is 0 Å². The maximum absolute atomic E-state index is 4.38. The van der Waals surface area contributed by atoms with Crippen LogP contribution in [0.1, 0.15) is 33.6 Å². The van der Waals surface area contributed by atoms with Gasteiger partial charge < -0.3 is 10.6 Å². The molecule has 0 aliphatic carbocycles. The SMILES string of the molecule is CNc1ncc(Br)c(NC(C)CCC(C)C)n1. The fourth-order valence-electron chi connectivity index (χ4n) is 1.48. The molecule has 0 saturated heterocycles. The fourth-order valence-corrected chi connectivity index (χ4v) is 1.78. The Morgan fingerprint density at radius 2 is 2.00 bits per heavy atom. The van der Waals surface area contributed by atoms with Gasteiger partial charge in [0.25, 0.3) is 0 Å². The average molecular weight is 301 g/mol. The number of nitrogens with one attached hydrogen (secondary N) is 2. The van der Waals surface area contributed by atoms with Gasteiger partial charge in [0.05, 0.1) is 4.47 Å². The molecule has 0 spiro atoms. The van der Waals surface area contributed by atoms with Crippen LogP contribution in [0.15, 0.2) is 10.7 Å². The Balaban J connectivity index is 2.60. The summed E-state index contributed by atoms with van der Waals surface area (Å²) in [6.07, 6.45) is 4.12. The Hall–Kier alpha value is -0.840. The lowest BCUT2D eigenvalue weighted by Gasteiger charge is -2.16. The molecule has 1 atom stereocenters. The van der Waals surface area contributed by atoms with Crippen molar-refractivity contribution in [1.29, 1.82) is 0 Å². The smallest absolute Gasteiger partial charge is 0.224 e. The van der Waals surface area contributed by atoms with Gasteiger partial charge in [-0.1, -0.05) is 13.8 Å². The van der Waals surface area contributed by atoms with Crippen molar-refractivity contribution in [1.82, 2.24) is 9.97 Å². The molecule has 96 valence electrons. The summed E-state index contributed by atoms with van der Waals surface area (Å²) in [6, 6.07) is 0.410. The predicted octanol–water partition coefficient (Wildman–Crippen LogP) is 3.52. The summed E-state index contributed by atoms with van der Waals surface area (Å²) in [7, 11) is 1.81. The van der Waals surface area contributed by atoms with Gasteiger partial charge in [0, 0.05) is 19.3 Å². The van der Waals surface area contributed by atoms with Crippen LogP contribution in [-0.2, 0) is 0 Å². The summed E-state index contributed by atoms with van der Waals surface area (Å²) >= 11 is 3.45. The summed E-state index contributed by atoms with van der Waals surface area (Å²) in [5, 5.41) is 6.34. The Labute approximate surface area is 112 Å². The number of anilines is 2. The number of aromatic nitrogens is 2. The second-order valence-electron chi connectivity index (χ2n) is 4.66. The molecule has 0 radical (unpaired) electrons. The van der Waals surface area contributed by atoms with Gasteiger partial charge in [0.2, 0.25) is 5.95 Å². The lowest BCUT2D eigenvalue weighted by molar-refractivity contribution is 0.527. The lowest BCUT2D eigenvalue weighted by Crippen LogP contribution is -2.17. The van der Waals surface area contributed by atoms with Crippen LogP contribution in [0.4, 0.5) is 11.8 Å². The van der Waals surface area contributed by atoms with Gasteiger partial charge in [0.15, 0.2) is 0 Å². The van der Waals surface area contributed by atoms with E-state index in [1.165, 1.54) is 6.42 Å². The second kappa shape index (κ2) is 6.79. The van der Waals surface area contributed by atoms with E-state index >= 15 is 0 Å². The van der Waals surface area contributed by atoms with Crippen molar-refractivity contribution in [2.24, 2.45) is 5.92 Å². The van der Waals surface area contributed by atoms with Gasteiger partial charge in [-0.3, -0.25) is 0 Å². The van der Waals surface area contributed by atoms with Crippen LogP contribution in [-0.4, -0.2) is 23.1 Å². The van der Waals surface area contributed by atoms with Crippen molar-refractivity contribution in [3.63, 3.8) is 0 Å². The zero-order valence-electron chi connectivity index (χ0n) is 10.9. The van der Waals surface area contributed by atoms with Crippen LogP contribution in [0.5, 0.6) is 0 Å². The van der Waals surface area contributed by atoms with E-state index in [1.54, 1.807) is 6.20 Å². The fraction of sp³-hybridized carbons (Fsp3) is 0.667. The van der Waals surface area contributed by atoms with E-state index in [0.717, 1.165) is 22.6 Å². The monoisotopic (exact) mass is 300 g/mol. The highest BCUT2D eigenvalue weighted by atomic mass is 79.9. The maximum Gasteiger partial charge on any atom is 0.224 e. The molecule has 0 aliphatic heterocycles. The van der Waals surface area contributed by atoms with E-state index in [4.69, 9.17) is 0 Å². The van der Waals surface area contributed by atoms with Gasteiger partial charge in [-0.2, -0.15) is 4.98 Å². The van der Waals surface area contributed by atoms with Crippen molar-refractivity contribution >= 4 is 27.7 Å². The summed E-state index contributed by atoms with van der Waals surface area (Å²) in [4.78, 5) is 8.51. The molecule has 0 bridgehead atoms. The molecule has 1 aromatic rings. The molecule has 0 amide bonds. The summed E-state index contributed by atoms with van der Waals surface area (Å²) in [5.41, 5.74) is 0. The highest BCUT2D eigenvalue weighted by Crippen LogP contribution is 2.21. The summed E-state index contributed by atoms with van der Waals surface area (Å²) in [6.45, 7) is 6.66. The first-order valence-electron chi connectivity index (χ1n) is 5.99. The van der Waals surface area contributed by atoms with E-state index in [1.807, 2.05) is 7.05 Å². The molecule has 17 heavy (non-hydrogen) atoms. The second-order valence-corrected chi connectivity index (χ2v) is 5.51. The van der Waals surface area contributed by atoms with Crippen LogP contribution in [0, 0.1) is 5.92 Å². The molecule has 0 aliphatic rings. The van der Waals surface area contributed by atoms with Crippen LogP contribution in [0.3, 0.4) is 0 Å². The van der Waals surface area contributed by atoms with Crippen molar-refractivity contribution in [2.45, 2.75) is 39.7 Å². The van der Waals surface area contributed by atoms with E-state index in [2.05, 4.69) is 57.3 Å². The number of hydrogen-bond acceptors (Lipinski definition) is 4. The molecule has 1 rings (SSSR count). The van der Waals surface area contributed by atoms with Gasteiger partial charge >= 0.3 is 0 Å². The number of rotatable bonds is 6. The zero-order valence-corrected chi connectivity index (χ0v) is 12.5. The summed E-state index contributed by atoms with van der Waals surface area (Å²) < 4.78 is 0.896. The normalized spacial score (nSPS) is 12.6. The Morgan fingerprint density at radius 1 is 1.29 bits per heavy atom. The number of nitrogens with zero attached hydrogens (tertiary/aromatic N) is 2. The number of halogens is 1. The average Bonchev–Trinajstić information content (AvgIpc) is 2.29. The van der Waals surface area contributed by atoms with Crippen LogP contribution in [0.25, 0.3) is 0 Å². The van der Waals surface area contributed by atoms with E-state index < -0.39 is 0 Å². The molecule has 5 heteroatoms. The Bertz CT molecular complexity index is 354. The van der Waals surface area contributed by atoms with Crippen LogP contribution < -0.4 is 10.6 Å². The molecule has 0 fully saturated rings. The Kier molecular flexibility index (Phi) is 5.68. The summed E-state index contributed by atoms with van der Waals surface area (Å²) in [5.74, 6) is 2.22. The third kappa shape index (κ3) is 4.89. The molecule has 1 unspecified atom stereocenters. The highest BCUT2D eigenvalue weighted by Gasteiger charge is 2.08. The zero-order chi connectivity index (χ0) is 12.8. The van der Waals surface area contributed by atoms with E-state index in [-0.39, 0.29) is 0 Å². The third-order valence-corrected chi connectivity index (χ3v) is 3.11.